The van der Waals surface area contributed by atoms with E-state index in [1.807, 2.05) is 14.0 Å². The van der Waals surface area contributed by atoms with Gasteiger partial charge in [0, 0.05) is 20.0 Å². The minimum Gasteiger partial charge on any atom is -0.393 e. The highest BCUT2D eigenvalue weighted by atomic mass is 35.5. The topological polar surface area (TPSA) is 41.3 Å². The van der Waals surface area contributed by atoms with Crippen LogP contribution in [0.5, 0.6) is 0 Å². The van der Waals surface area contributed by atoms with Crippen LogP contribution in [0.2, 0.25) is 5.02 Å². The van der Waals surface area contributed by atoms with E-state index < -0.39 is 0 Å². The van der Waals surface area contributed by atoms with Gasteiger partial charge in [0.15, 0.2) is 0 Å². The van der Waals surface area contributed by atoms with Crippen LogP contribution in [0.4, 0.5) is 0 Å². The summed E-state index contributed by atoms with van der Waals surface area (Å²) < 4.78 is 1.76. The molecule has 0 aromatic carbocycles. The largest absolute Gasteiger partial charge is 0.393 e. The van der Waals surface area contributed by atoms with Crippen LogP contribution < -0.4 is 0 Å². The molecule has 0 saturated carbocycles. The van der Waals surface area contributed by atoms with Gasteiger partial charge in [0.2, 0.25) is 0 Å². The lowest BCUT2D eigenvalue weighted by Gasteiger charge is -2.20. The molecule has 0 spiro atoms. The predicted molar refractivity (Wildman–Crippen MR) is 75.1 cm³/mol. The molecular weight excluding hydrogens is 250 g/mol. The highest BCUT2D eigenvalue weighted by molar-refractivity contribution is 6.31. The molecule has 0 aliphatic carbocycles. The third kappa shape index (κ3) is 3.97. The molecule has 1 aromatic heterocycles. The summed E-state index contributed by atoms with van der Waals surface area (Å²) in [5, 5.41) is 15.0. The number of hydrogen-bond donors (Lipinski definition) is 1. The molecule has 1 N–H and O–H groups in total. The van der Waals surface area contributed by atoms with Gasteiger partial charge >= 0.3 is 0 Å². The minimum atomic E-state index is -0.363. The Hall–Kier alpha value is -0.580. The Bertz CT molecular complexity index is 375. The van der Waals surface area contributed by atoms with Gasteiger partial charge in [-0.15, -0.1) is 0 Å². The van der Waals surface area contributed by atoms with E-state index in [4.69, 9.17) is 11.6 Å². The summed E-state index contributed by atoms with van der Waals surface area (Å²) in [4.78, 5) is 2.30. The molecule has 0 saturated heterocycles. The minimum absolute atomic E-state index is 0.363. The third-order valence-electron chi connectivity index (χ3n) is 3.36. The van der Waals surface area contributed by atoms with Gasteiger partial charge < -0.3 is 10.0 Å². The van der Waals surface area contributed by atoms with Gasteiger partial charge in [0.25, 0.3) is 0 Å². The van der Waals surface area contributed by atoms with Crippen LogP contribution in [0.3, 0.4) is 0 Å². The van der Waals surface area contributed by atoms with Gasteiger partial charge in [-0.2, -0.15) is 5.10 Å². The van der Waals surface area contributed by atoms with E-state index in [2.05, 4.69) is 23.8 Å². The second kappa shape index (κ2) is 7.12. The molecule has 1 atom stereocenters. The summed E-state index contributed by atoms with van der Waals surface area (Å²) in [7, 11) is 1.87. The molecule has 0 amide bonds. The SMILES string of the molecule is CCN(CC)CCC(O)Cc1c(Cl)c(C)nn1C. The van der Waals surface area contributed by atoms with Gasteiger partial charge in [-0.3, -0.25) is 4.68 Å². The molecule has 0 fully saturated rings. The number of hydrogen-bond acceptors (Lipinski definition) is 3. The van der Waals surface area contributed by atoms with Crippen LogP contribution in [0.15, 0.2) is 0 Å². The summed E-state index contributed by atoms with van der Waals surface area (Å²) in [5.41, 5.74) is 1.74. The number of rotatable bonds is 7. The van der Waals surface area contributed by atoms with E-state index >= 15 is 0 Å². The maximum atomic E-state index is 10.1. The first kappa shape index (κ1) is 15.5. The number of aliphatic hydroxyl groups is 1. The Morgan fingerprint density at radius 1 is 1.39 bits per heavy atom. The Kier molecular flexibility index (Phi) is 6.12. The summed E-state index contributed by atoms with van der Waals surface area (Å²) in [5.74, 6) is 0. The maximum Gasteiger partial charge on any atom is 0.0847 e. The zero-order valence-corrected chi connectivity index (χ0v) is 12.5. The maximum absolute atomic E-state index is 10.1. The van der Waals surface area contributed by atoms with Crippen LogP contribution in [0.25, 0.3) is 0 Å². The van der Waals surface area contributed by atoms with Crippen molar-refractivity contribution in [3.05, 3.63) is 16.4 Å². The number of aryl methyl sites for hydroxylation is 2. The van der Waals surface area contributed by atoms with Crippen molar-refractivity contribution in [1.82, 2.24) is 14.7 Å². The third-order valence-corrected chi connectivity index (χ3v) is 3.86. The zero-order valence-electron chi connectivity index (χ0n) is 11.8. The number of nitrogens with zero attached hydrogens (tertiary/aromatic N) is 3. The standard InChI is InChI=1S/C13H24ClN3O/c1-5-17(6-2)8-7-11(18)9-12-13(14)10(3)15-16(12)4/h11,18H,5-9H2,1-4H3. The lowest BCUT2D eigenvalue weighted by Crippen LogP contribution is -2.28. The van der Waals surface area contributed by atoms with Crippen molar-refractivity contribution in [1.29, 1.82) is 0 Å². The van der Waals surface area contributed by atoms with Crippen molar-refractivity contribution < 1.29 is 5.11 Å². The van der Waals surface area contributed by atoms with Crippen molar-refractivity contribution >= 4 is 11.6 Å². The van der Waals surface area contributed by atoms with Gasteiger partial charge in [0.1, 0.15) is 0 Å². The van der Waals surface area contributed by atoms with Gasteiger partial charge in [-0.05, 0) is 26.4 Å². The van der Waals surface area contributed by atoms with Crippen LogP contribution in [-0.4, -0.2) is 45.5 Å². The van der Waals surface area contributed by atoms with Crippen molar-refractivity contribution in [2.24, 2.45) is 7.05 Å². The van der Waals surface area contributed by atoms with Crippen LogP contribution in [0.1, 0.15) is 31.7 Å². The van der Waals surface area contributed by atoms with Crippen molar-refractivity contribution in [2.75, 3.05) is 19.6 Å². The van der Waals surface area contributed by atoms with E-state index in [0.29, 0.717) is 11.4 Å². The van der Waals surface area contributed by atoms with E-state index in [1.54, 1.807) is 4.68 Å². The van der Waals surface area contributed by atoms with Crippen LogP contribution in [-0.2, 0) is 13.5 Å². The highest BCUT2D eigenvalue weighted by Gasteiger charge is 2.15. The number of aliphatic hydroxyl groups excluding tert-OH is 1. The summed E-state index contributed by atoms with van der Waals surface area (Å²) in [6, 6.07) is 0. The van der Waals surface area contributed by atoms with Gasteiger partial charge in [-0.25, -0.2) is 0 Å². The Morgan fingerprint density at radius 3 is 2.44 bits per heavy atom. The van der Waals surface area contributed by atoms with Crippen LogP contribution >= 0.6 is 11.6 Å². The molecule has 1 rings (SSSR count). The summed E-state index contributed by atoms with van der Waals surface area (Å²) in [6.45, 7) is 9.12. The van der Waals surface area contributed by atoms with E-state index in [9.17, 15) is 5.11 Å². The molecule has 0 aliphatic rings. The first-order chi connectivity index (χ1) is 8.49. The molecule has 1 heterocycles. The first-order valence-corrected chi connectivity index (χ1v) is 6.95. The zero-order chi connectivity index (χ0) is 13.7. The summed E-state index contributed by atoms with van der Waals surface area (Å²) in [6.07, 6.45) is 0.970. The molecule has 4 nitrogen and oxygen atoms in total. The Morgan fingerprint density at radius 2 is 2.00 bits per heavy atom. The highest BCUT2D eigenvalue weighted by Crippen LogP contribution is 2.21. The van der Waals surface area contributed by atoms with Gasteiger partial charge in [-0.1, -0.05) is 25.4 Å². The molecule has 1 unspecified atom stereocenters. The lowest BCUT2D eigenvalue weighted by molar-refractivity contribution is 0.142. The molecular formula is C13H24ClN3O. The second-order valence-electron chi connectivity index (χ2n) is 4.64. The lowest BCUT2D eigenvalue weighted by atomic mass is 10.1. The molecule has 5 heteroatoms. The van der Waals surface area contributed by atoms with E-state index in [0.717, 1.165) is 37.4 Å². The van der Waals surface area contributed by atoms with Crippen molar-refractivity contribution in [3.63, 3.8) is 0 Å². The fourth-order valence-corrected chi connectivity index (χ4v) is 2.34. The fraction of sp³-hybridized carbons (Fsp3) is 0.769. The Labute approximate surface area is 115 Å². The average Bonchev–Trinajstić information content (AvgIpc) is 2.57. The van der Waals surface area contributed by atoms with E-state index in [1.165, 1.54) is 0 Å². The summed E-state index contributed by atoms with van der Waals surface area (Å²) >= 11 is 6.17. The number of aromatic nitrogens is 2. The normalized spacial score (nSPS) is 13.3. The van der Waals surface area contributed by atoms with Crippen molar-refractivity contribution in [2.45, 2.75) is 39.7 Å². The van der Waals surface area contributed by atoms with Gasteiger partial charge in [0.05, 0.1) is 22.5 Å². The predicted octanol–water partition coefficient (Wildman–Crippen LogP) is 2.02. The smallest absolute Gasteiger partial charge is 0.0847 e. The molecule has 104 valence electrons. The quantitative estimate of drug-likeness (QED) is 0.826. The average molecular weight is 274 g/mol. The monoisotopic (exact) mass is 273 g/mol. The second-order valence-corrected chi connectivity index (χ2v) is 5.02. The fourth-order valence-electron chi connectivity index (χ4n) is 2.10. The number of halogens is 1. The van der Waals surface area contributed by atoms with Crippen LogP contribution in [0, 0.1) is 6.92 Å². The molecule has 0 bridgehead atoms. The molecule has 0 aliphatic heterocycles. The molecule has 0 radical (unpaired) electrons. The van der Waals surface area contributed by atoms with E-state index in [-0.39, 0.29) is 6.10 Å². The first-order valence-electron chi connectivity index (χ1n) is 6.57. The molecule has 1 aromatic rings. The Balaban J connectivity index is 2.51. The van der Waals surface area contributed by atoms with Crippen molar-refractivity contribution in [3.8, 4) is 0 Å². The molecule has 18 heavy (non-hydrogen) atoms.